The van der Waals surface area contributed by atoms with Gasteiger partial charge in [0.15, 0.2) is 16.7 Å². The zero-order valence-corrected chi connectivity index (χ0v) is 14.2. The van der Waals surface area contributed by atoms with Crippen LogP contribution >= 0.6 is 34.7 Å². The molecule has 23 heavy (non-hydrogen) atoms. The lowest BCUT2D eigenvalue weighted by Gasteiger charge is -2.07. The smallest absolute Gasteiger partial charge is 0.198 e. The molecule has 1 fully saturated rings. The number of halogens is 1. The van der Waals surface area contributed by atoms with Crippen molar-refractivity contribution in [2.45, 2.75) is 29.1 Å². The monoisotopic (exact) mass is 359 g/mol. The van der Waals surface area contributed by atoms with Gasteiger partial charge in [-0.05, 0) is 48.2 Å². The fourth-order valence-electron chi connectivity index (χ4n) is 2.24. The maximum absolute atomic E-state index is 9.05. The minimum Gasteiger partial charge on any atom is -0.298 e. The summed E-state index contributed by atoms with van der Waals surface area (Å²) in [5.41, 5.74) is 0.229. The quantitative estimate of drug-likeness (QED) is 0.690. The molecule has 0 N–H and O–H groups in total. The van der Waals surface area contributed by atoms with Crippen LogP contribution in [0.1, 0.15) is 24.6 Å². The van der Waals surface area contributed by atoms with Gasteiger partial charge < -0.3 is 0 Å². The Bertz CT molecular complexity index is 893. The number of hydrogen-bond donors (Lipinski definition) is 0. The van der Waals surface area contributed by atoms with E-state index < -0.39 is 0 Å². The topological polar surface area (TPSA) is 67.4 Å². The van der Waals surface area contributed by atoms with Gasteiger partial charge in [0.25, 0.3) is 0 Å². The van der Waals surface area contributed by atoms with E-state index in [1.165, 1.54) is 11.8 Å². The number of nitriles is 1. The summed E-state index contributed by atoms with van der Waals surface area (Å²) in [6, 6.07) is 10.0. The van der Waals surface area contributed by atoms with Crippen molar-refractivity contribution in [1.29, 1.82) is 5.26 Å². The highest BCUT2D eigenvalue weighted by Gasteiger charge is 2.30. The highest BCUT2D eigenvalue weighted by Crippen LogP contribution is 2.42. The molecule has 3 heterocycles. The maximum atomic E-state index is 9.05. The molecule has 1 saturated carbocycles. The Morgan fingerprint density at radius 2 is 2.17 bits per heavy atom. The molecular formula is C15H10ClN5S2. The van der Waals surface area contributed by atoms with Crippen molar-refractivity contribution in [2.75, 3.05) is 0 Å². The molecule has 3 aromatic heterocycles. The third-order valence-electron chi connectivity index (χ3n) is 3.44. The van der Waals surface area contributed by atoms with Crippen LogP contribution in [-0.4, -0.2) is 19.7 Å². The summed E-state index contributed by atoms with van der Waals surface area (Å²) in [4.78, 5) is 5.38. The van der Waals surface area contributed by atoms with Crippen LogP contribution in [0.2, 0.25) is 5.02 Å². The summed E-state index contributed by atoms with van der Waals surface area (Å²) in [5.74, 6) is 0.902. The zero-order valence-electron chi connectivity index (χ0n) is 11.8. The first kappa shape index (κ1) is 14.7. The number of nitrogens with zero attached hydrogens (tertiary/aromatic N) is 5. The lowest BCUT2D eigenvalue weighted by molar-refractivity contribution is 0.669. The number of pyridine rings is 1. The Balaban J connectivity index is 1.71. The van der Waals surface area contributed by atoms with Gasteiger partial charge in [-0.2, -0.15) is 5.26 Å². The Hall–Kier alpha value is -1.88. The molecule has 5 nitrogen and oxygen atoms in total. The molecule has 0 amide bonds. The molecule has 0 saturated heterocycles. The van der Waals surface area contributed by atoms with Crippen LogP contribution < -0.4 is 0 Å². The van der Waals surface area contributed by atoms with E-state index in [2.05, 4.69) is 25.8 Å². The second kappa shape index (κ2) is 5.96. The molecule has 8 heteroatoms. The van der Waals surface area contributed by atoms with Crippen molar-refractivity contribution in [3.63, 3.8) is 0 Å². The second-order valence-electron chi connectivity index (χ2n) is 5.08. The average molecular weight is 360 g/mol. The van der Waals surface area contributed by atoms with E-state index in [0.29, 0.717) is 16.1 Å². The average Bonchev–Trinajstić information content (AvgIpc) is 3.09. The van der Waals surface area contributed by atoms with Gasteiger partial charge in [-0.3, -0.25) is 4.57 Å². The van der Waals surface area contributed by atoms with Crippen molar-refractivity contribution >= 4 is 34.7 Å². The van der Waals surface area contributed by atoms with E-state index in [-0.39, 0.29) is 5.69 Å². The van der Waals surface area contributed by atoms with Crippen molar-refractivity contribution in [3.05, 3.63) is 40.4 Å². The number of hydrogen-bond acceptors (Lipinski definition) is 6. The van der Waals surface area contributed by atoms with Gasteiger partial charge in [-0.15, -0.1) is 21.5 Å². The van der Waals surface area contributed by atoms with Gasteiger partial charge >= 0.3 is 0 Å². The number of aromatic nitrogens is 4. The van der Waals surface area contributed by atoms with E-state index in [0.717, 1.165) is 28.7 Å². The van der Waals surface area contributed by atoms with E-state index in [1.807, 2.05) is 17.5 Å². The fraction of sp³-hybridized carbons (Fsp3) is 0.200. The third-order valence-corrected chi connectivity index (χ3v) is 5.51. The third kappa shape index (κ3) is 2.85. The molecule has 0 atom stereocenters. The molecule has 3 aromatic rings. The van der Waals surface area contributed by atoms with Crippen LogP contribution in [0.4, 0.5) is 0 Å². The van der Waals surface area contributed by atoms with E-state index in [1.54, 1.807) is 23.5 Å². The predicted molar refractivity (Wildman–Crippen MR) is 89.7 cm³/mol. The second-order valence-corrected chi connectivity index (χ2v) is 7.42. The van der Waals surface area contributed by atoms with Gasteiger partial charge in [0, 0.05) is 6.04 Å². The Kier molecular flexibility index (Phi) is 3.81. The highest BCUT2D eigenvalue weighted by molar-refractivity contribution is 7.99. The van der Waals surface area contributed by atoms with Crippen LogP contribution in [-0.2, 0) is 0 Å². The van der Waals surface area contributed by atoms with Crippen molar-refractivity contribution in [2.24, 2.45) is 0 Å². The summed E-state index contributed by atoms with van der Waals surface area (Å²) < 4.78 is 2.18. The van der Waals surface area contributed by atoms with Gasteiger partial charge in [0.2, 0.25) is 0 Å². The molecule has 0 radical (unpaired) electrons. The largest absolute Gasteiger partial charge is 0.298 e. The van der Waals surface area contributed by atoms with Gasteiger partial charge in [-0.1, -0.05) is 17.7 Å². The molecule has 0 aromatic carbocycles. The van der Waals surface area contributed by atoms with E-state index in [9.17, 15) is 0 Å². The molecule has 1 aliphatic rings. The molecule has 1 aliphatic carbocycles. The first-order chi connectivity index (χ1) is 11.3. The summed E-state index contributed by atoms with van der Waals surface area (Å²) in [6.07, 6.45) is 2.28. The van der Waals surface area contributed by atoms with E-state index >= 15 is 0 Å². The summed E-state index contributed by atoms with van der Waals surface area (Å²) in [7, 11) is 0. The number of rotatable bonds is 4. The van der Waals surface area contributed by atoms with Crippen molar-refractivity contribution in [3.8, 4) is 16.8 Å². The van der Waals surface area contributed by atoms with Crippen molar-refractivity contribution < 1.29 is 0 Å². The highest BCUT2D eigenvalue weighted by atomic mass is 35.5. The van der Waals surface area contributed by atoms with Crippen LogP contribution in [0.25, 0.3) is 10.7 Å². The molecule has 0 bridgehead atoms. The molecule has 0 aliphatic heterocycles. The van der Waals surface area contributed by atoms with Crippen LogP contribution in [0.5, 0.6) is 0 Å². The molecule has 0 spiro atoms. The minimum absolute atomic E-state index is 0.229. The minimum atomic E-state index is 0.229. The van der Waals surface area contributed by atoms with Gasteiger partial charge in [-0.25, -0.2) is 4.98 Å². The number of thiophene rings is 1. The molecular weight excluding hydrogens is 350 g/mol. The SMILES string of the molecule is N#Cc1nc(Sc2nnc(-c3cccs3)n2C2CC2)ccc1Cl. The maximum Gasteiger partial charge on any atom is 0.198 e. The van der Waals surface area contributed by atoms with E-state index in [4.69, 9.17) is 16.9 Å². The van der Waals surface area contributed by atoms with Gasteiger partial charge in [0.05, 0.1) is 9.90 Å². The predicted octanol–water partition coefficient (Wildman–Crippen LogP) is 4.41. The summed E-state index contributed by atoms with van der Waals surface area (Å²) in [6.45, 7) is 0. The first-order valence-corrected chi connectivity index (χ1v) is 9.07. The normalized spacial score (nSPS) is 13.9. The Morgan fingerprint density at radius 3 is 2.87 bits per heavy atom. The van der Waals surface area contributed by atoms with Crippen LogP contribution in [0.3, 0.4) is 0 Å². The Labute approximate surface area is 146 Å². The standard InChI is InChI=1S/C15H10ClN5S2/c16-10-5-6-13(18-11(10)8-17)23-15-20-19-14(12-2-1-7-22-12)21(15)9-3-4-9/h1-2,5-7,9H,3-4H2. The summed E-state index contributed by atoms with van der Waals surface area (Å²) in [5, 5.41) is 21.6. The summed E-state index contributed by atoms with van der Waals surface area (Å²) >= 11 is 9.00. The van der Waals surface area contributed by atoms with Crippen molar-refractivity contribution in [1.82, 2.24) is 19.7 Å². The lowest BCUT2D eigenvalue weighted by Crippen LogP contribution is -1.99. The zero-order chi connectivity index (χ0) is 15.8. The molecule has 114 valence electrons. The first-order valence-electron chi connectivity index (χ1n) is 6.99. The van der Waals surface area contributed by atoms with Gasteiger partial charge in [0.1, 0.15) is 11.1 Å². The molecule has 0 unspecified atom stereocenters. The lowest BCUT2D eigenvalue weighted by atomic mass is 10.4. The Morgan fingerprint density at radius 1 is 1.30 bits per heavy atom. The van der Waals surface area contributed by atoms with Crippen LogP contribution in [0.15, 0.2) is 39.8 Å². The van der Waals surface area contributed by atoms with Crippen LogP contribution in [0, 0.1) is 11.3 Å². The fourth-order valence-corrected chi connectivity index (χ4v) is 3.96. The molecule has 4 rings (SSSR count).